The zero-order chi connectivity index (χ0) is 9.68. The Balaban J connectivity index is 2.72. The van der Waals surface area contributed by atoms with Gasteiger partial charge in [0.25, 0.3) is 0 Å². The first-order valence-electron chi connectivity index (χ1n) is 4.18. The van der Waals surface area contributed by atoms with Gasteiger partial charge in [0.15, 0.2) is 0 Å². The number of nitrogens with zero attached hydrogens (tertiary/aromatic N) is 2. The van der Waals surface area contributed by atoms with Crippen LogP contribution in [0, 0.1) is 6.92 Å². The van der Waals surface area contributed by atoms with E-state index in [1.54, 1.807) is 6.08 Å². The summed E-state index contributed by atoms with van der Waals surface area (Å²) in [7, 11) is 0. The Morgan fingerprint density at radius 1 is 1.62 bits per heavy atom. The fourth-order valence-electron chi connectivity index (χ4n) is 1.11. The van der Waals surface area contributed by atoms with Crippen LogP contribution < -0.4 is 0 Å². The number of hydrogen-bond donors (Lipinski definition) is 0. The first kappa shape index (κ1) is 9.52. The summed E-state index contributed by atoms with van der Waals surface area (Å²) in [6.45, 7) is 10.2. The van der Waals surface area contributed by atoms with Crippen LogP contribution in [0.5, 0.6) is 0 Å². The highest BCUT2D eigenvalue weighted by Crippen LogP contribution is 2.02. The van der Waals surface area contributed by atoms with Crippen molar-refractivity contribution < 1.29 is 0 Å². The Hall–Kier alpha value is -1.57. The molecule has 1 heterocycles. The molecule has 0 unspecified atom stereocenters. The van der Waals surface area contributed by atoms with Crippen molar-refractivity contribution in [1.82, 2.24) is 9.55 Å². The fraction of sp³-hybridized carbons (Fsp3) is 0.182. The molecular formula is C11H14N2. The molecule has 2 nitrogen and oxygen atoms in total. The molecule has 0 saturated heterocycles. The van der Waals surface area contributed by atoms with Crippen LogP contribution in [0.25, 0.3) is 0 Å². The third-order valence-electron chi connectivity index (χ3n) is 1.72. The van der Waals surface area contributed by atoms with E-state index in [1.807, 2.05) is 36.2 Å². The Bertz CT molecular complexity index is 332. The quantitative estimate of drug-likeness (QED) is 0.641. The molecule has 1 rings (SSSR count). The highest BCUT2D eigenvalue weighted by atomic mass is 15.0. The molecule has 0 N–H and O–H groups in total. The number of hydrogen-bond acceptors (Lipinski definition) is 1. The zero-order valence-electron chi connectivity index (χ0n) is 7.90. The van der Waals surface area contributed by atoms with Crippen LogP contribution in [-0.2, 0) is 6.54 Å². The van der Waals surface area contributed by atoms with Crippen molar-refractivity contribution in [3.05, 3.63) is 55.2 Å². The number of rotatable bonds is 4. The third kappa shape index (κ3) is 2.75. The minimum absolute atomic E-state index is 0.802. The van der Waals surface area contributed by atoms with Gasteiger partial charge < -0.3 is 4.57 Å². The lowest BCUT2D eigenvalue weighted by molar-refractivity contribution is 0.796. The van der Waals surface area contributed by atoms with Crippen molar-refractivity contribution in [2.24, 2.45) is 0 Å². The molecule has 2 heteroatoms. The van der Waals surface area contributed by atoms with Crippen molar-refractivity contribution >= 4 is 0 Å². The first-order chi connectivity index (χ1) is 6.26. The Morgan fingerprint density at radius 3 is 2.85 bits per heavy atom. The van der Waals surface area contributed by atoms with Crippen LogP contribution in [0.4, 0.5) is 0 Å². The van der Waals surface area contributed by atoms with E-state index < -0.39 is 0 Å². The molecule has 0 aromatic carbocycles. The van der Waals surface area contributed by atoms with Gasteiger partial charge in [-0.05, 0) is 12.5 Å². The van der Waals surface area contributed by atoms with Crippen LogP contribution in [-0.4, -0.2) is 9.55 Å². The normalized spacial score (nSPS) is 11.3. The average Bonchev–Trinajstić information content (AvgIpc) is 2.50. The summed E-state index contributed by atoms with van der Waals surface area (Å²) in [5.41, 5.74) is 2.16. The summed E-state index contributed by atoms with van der Waals surface area (Å²) in [4.78, 5) is 4.14. The summed E-state index contributed by atoms with van der Waals surface area (Å²) in [5, 5.41) is 0. The van der Waals surface area contributed by atoms with Crippen molar-refractivity contribution in [3.8, 4) is 0 Å². The van der Waals surface area contributed by atoms with Gasteiger partial charge in [-0.3, -0.25) is 0 Å². The molecule has 0 bridgehead atoms. The van der Waals surface area contributed by atoms with Crippen molar-refractivity contribution in [2.45, 2.75) is 13.5 Å². The minimum Gasteiger partial charge on any atom is -0.333 e. The monoisotopic (exact) mass is 174 g/mol. The second-order valence-electron chi connectivity index (χ2n) is 2.87. The van der Waals surface area contributed by atoms with Crippen LogP contribution in [0.1, 0.15) is 5.69 Å². The molecule has 1 aromatic heterocycles. The van der Waals surface area contributed by atoms with E-state index in [0.29, 0.717) is 0 Å². The standard InChI is InChI=1S/C11H14N2/c1-4-6-11(5-2)8-13-7-10(3)12-9-13/h4-7,9H,1-2,8H2,3H3/b11-6+. The predicted molar refractivity (Wildman–Crippen MR) is 55.4 cm³/mol. The molecule has 0 fully saturated rings. The molecule has 1 aromatic rings. The molecule has 0 saturated carbocycles. The molecule has 0 amide bonds. The summed E-state index contributed by atoms with van der Waals surface area (Å²) >= 11 is 0. The molecule has 13 heavy (non-hydrogen) atoms. The highest BCUT2D eigenvalue weighted by Gasteiger charge is 1.94. The van der Waals surface area contributed by atoms with Gasteiger partial charge in [0.2, 0.25) is 0 Å². The number of aromatic nitrogens is 2. The van der Waals surface area contributed by atoms with E-state index in [0.717, 1.165) is 17.8 Å². The molecule has 0 aliphatic heterocycles. The van der Waals surface area contributed by atoms with Gasteiger partial charge in [0.05, 0.1) is 12.0 Å². The zero-order valence-corrected chi connectivity index (χ0v) is 7.90. The van der Waals surface area contributed by atoms with Crippen LogP contribution in [0.15, 0.2) is 49.5 Å². The summed E-state index contributed by atoms with van der Waals surface area (Å²) < 4.78 is 2.02. The molecule has 68 valence electrons. The summed E-state index contributed by atoms with van der Waals surface area (Å²) in [6.07, 6.45) is 9.36. The molecule has 0 atom stereocenters. The number of allylic oxidation sites excluding steroid dienone is 4. The number of aryl methyl sites for hydroxylation is 1. The largest absolute Gasteiger partial charge is 0.333 e. The van der Waals surface area contributed by atoms with E-state index in [2.05, 4.69) is 18.1 Å². The van der Waals surface area contributed by atoms with Gasteiger partial charge in [-0.2, -0.15) is 0 Å². The molecule has 0 aliphatic rings. The van der Waals surface area contributed by atoms with Gasteiger partial charge in [-0.1, -0.05) is 31.4 Å². The van der Waals surface area contributed by atoms with E-state index in [9.17, 15) is 0 Å². The minimum atomic E-state index is 0.802. The van der Waals surface area contributed by atoms with Gasteiger partial charge in [-0.15, -0.1) is 0 Å². The van der Waals surface area contributed by atoms with Crippen LogP contribution >= 0.6 is 0 Å². The molecule has 0 aliphatic carbocycles. The molecule has 0 radical (unpaired) electrons. The summed E-state index contributed by atoms with van der Waals surface area (Å²) in [6, 6.07) is 0. The van der Waals surface area contributed by atoms with E-state index in [4.69, 9.17) is 0 Å². The second-order valence-corrected chi connectivity index (χ2v) is 2.87. The Kier molecular flexibility index (Phi) is 3.26. The molecule has 0 spiro atoms. The summed E-state index contributed by atoms with van der Waals surface area (Å²) in [5.74, 6) is 0. The lowest BCUT2D eigenvalue weighted by Gasteiger charge is -2.01. The van der Waals surface area contributed by atoms with Gasteiger partial charge in [0, 0.05) is 12.7 Å². The van der Waals surface area contributed by atoms with E-state index in [1.165, 1.54) is 0 Å². The van der Waals surface area contributed by atoms with E-state index >= 15 is 0 Å². The molecular weight excluding hydrogens is 160 g/mol. The van der Waals surface area contributed by atoms with Crippen molar-refractivity contribution in [3.63, 3.8) is 0 Å². The van der Waals surface area contributed by atoms with Crippen LogP contribution in [0.2, 0.25) is 0 Å². The third-order valence-corrected chi connectivity index (χ3v) is 1.72. The van der Waals surface area contributed by atoms with Gasteiger partial charge >= 0.3 is 0 Å². The van der Waals surface area contributed by atoms with Gasteiger partial charge in [0.1, 0.15) is 0 Å². The van der Waals surface area contributed by atoms with E-state index in [-0.39, 0.29) is 0 Å². The van der Waals surface area contributed by atoms with Crippen molar-refractivity contribution in [1.29, 1.82) is 0 Å². The lowest BCUT2D eigenvalue weighted by atomic mass is 10.2. The van der Waals surface area contributed by atoms with Crippen LogP contribution in [0.3, 0.4) is 0 Å². The average molecular weight is 174 g/mol. The first-order valence-corrected chi connectivity index (χ1v) is 4.18. The van der Waals surface area contributed by atoms with Crippen molar-refractivity contribution in [2.75, 3.05) is 0 Å². The SMILES string of the molecule is C=C/C=C(\C=C)Cn1cnc(C)c1. The Labute approximate surface area is 78.9 Å². The maximum atomic E-state index is 4.14. The smallest absolute Gasteiger partial charge is 0.0952 e. The van der Waals surface area contributed by atoms with Gasteiger partial charge in [-0.25, -0.2) is 4.98 Å². The highest BCUT2D eigenvalue weighted by molar-refractivity contribution is 5.21. The predicted octanol–water partition coefficient (Wildman–Crippen LogP) is 2.49. The second kappa shape index (κ2) is 4.45. The topological polar surface area (TPSA) is 17.8 Å². The Morgan fingerprint density at radius 2 is 2.38 bits per heavy atom. The fourth-order valence-corrected chi connectivity index (χ4v) is 1.11. The number of imidazole rings is 1. The maximum Gasteiger partial charge on any atom is 0.0952 e. The lowest BCUT2D eigenvalue weighted by Crippen LogP contribution is -1.95. The maximum absolute atomic E-state index is 4.14.